The van der Waals surface area contributed by atoms with Crippen LogP contribution < -0.4 is 0 Å². The SMILES string of the molecule is CC1C[C@]2(C)C(=O)CC[C@H]2[C@@H]2CC=C3C[C@@H](O)CC[C@]3(C)[C@@H]12. The molecule has 4 rings (SSSR count). The molecule has 7 atom stereocenters. The van der Waals surface area contributed by atoms with E-state index in [4.69, 9.17) is 0 Å². The first-order valence-electron chi connectivity index (χ1n) is 9.27. The zero-order valence-electron chi connectivity index (χ0n) is 14.3. The molecule has 3 fully saturated rings. The van der Waals surface area contributed by atoms with Crippen LogP contribution in [0.15, 0.2) is 11.6 Å². The highest BCUT2D eigenvalue weighted by Gasteiger charge is 2.60. The van der Waals surface area contributed by atoms with Crippen LogP contribution in [0.25, 0.3) is 0 Å². The van der Waals surface area contributed by atoms with Gasteiger partial charge < -0.3 is 5.11 Å². The van der Waals surface area contributed by atoms with E-state index in [1.807, 2.05) is 0 Å². The van der Waals surface area contributed by atoms with Crippen LogP contribution in [0.3, 0.4) is 0 Å². The molecule has 0 aromatic heterocycles. The lowest BCUT2D eigenvalue weighted by Crippen LogP contribution is -2.53. The predicted octanol–water partition coefficient (Wildman–Crippen LogP) is 4.13. The maximum atomic E-state index is 12.5. The van der Waals surface area contributed by atoms with Gasteiger partial charge in [-0.1, -0.05) is 32.4 Å². The Balaban J connectivity index is 1.74. The molecule has 122 valence electrons. The molecule has 0 aromatic rings. The van der Waals surface area contributed by atoms with Crippen molar-refractivity contribution in [2.75, 3.05) is 0 Å². The number of carbonyl (C=O) groups is 1. The summed E-state index contributed by atoms with van der Waals surface area (Å²) in [6.07, 6.45) is 9.43. The molecule has 1 N–H and O–H groups in total. The van der Waals surface area contributed by atoms with E-state index >= 15 is 0 Å². The molecule has 0 radical (unpaired) electrons. The summed E-state index contributed by atoms with van der Waals surface area (Å²) < 4.78 is 0. The largest absolute Gasteiger partial charge is 0.393 e. The molecule has 4 aliphatic rings. The molecule has 0 spiro atoms. The van der Waals surface area contributed by atoms with E-state index in [0.29, 0.717) is 29.5 Å². The van der Waals surface area contributed by atoms with Crippen LogP contribution in [0.5, 0.6) is 0 Å². The first-order valence-corrected chi connectivity index (χ1v) is 9.27. The second-order valence-corrected chi connectivity index (χ2v) is 9.14. The fourth-order valence-electron chi connectivity index (χ4n) is 7.12. The molecule has 0 heterocycles. The van der Waals surface area contributed by atoms with E-state index in [1.165, 1.54) is 5.57 Å². The second kappa shape index (κ2) is 4.69. The van der Waals surface area contributed by atoms with Gasteiger partial charge in [0.1, 0.15) is 5.78 Å². The molecule has 0 amide bonds. The van der Waals surface area contributed by atoms with Crippen molar-refractivity contribution in [3.8, 4) is 0 Å². The number of hydrogen-bond acceptors (Lipinski definition) is 2. The molecule has 2 heteroatoms. The van der Waals surface area contributed by atoms with Crippen molar-refractivity contribution in [1.29, 1.82) is 0 Å². The number of carbonyl (C=O) groups excluding carboxylic acids is 1. The molecule has 0 aromatic carbocycles. The van der Waals surface area contributed by atoms with E-state index in [-0.39, 0.29) is 16.9 Å². The lowest BCUT2D eigenvalue weighted by atomic mass is 9.45. The van der Waals surface area contributed by atoms with Crippen LogP contribution in [-0.4, -0.2) is 17.0 Å². The van der Waals surface area contributed by atoms with Crippen LogP contribution in [0.2, 0.25) is 0 Å². The molecule has 0 saturated heterocycles. The maximum Gasteiger partial charge on any atom is 0.139 e. The van der Waals surface area contributed by atoms with Crippen molar-refractivity contribution in [2.24, 2.45) is 34.5 Å². The van der Waals surface area contributed by atoms with Gasteiger partial charge >= 0.3 is 0 Å². The quantitative estimate of drug-likeness (QED) is 0.683. The van der Waals surface area contributed by atoms with E-state index in [1.54, 1.807) is 0 Å². The number of fused-ring (bicyclic) bond motifs is 5. The van der Waals surface area contributed by atoms with Gasteiger partial charge in [-0.25, -0.2) is 0 Å². The van der Waals surface area contributed by atoms with Crippen LogP contribution in [-0.2, 0) is 4.79 Å². The number of ketones is 1. The summed E-state index contributed by atoms with van der Waals surface area (Å²) in [5.74, 6) is 3.15. The fraction of sp³-hybridized carbons (Fsp3) is 0.850. The van der Waals surface area contributed by atoms with Crippen LogP contribution in [0.4, 0.5) is 0 Å². The molecule has 22 heavy (non-hydrogen) atoms. The van der Waals surface area contributed by atoms with E-state index in [2.05, 4.69) is 26.8 Å². The second-order valence-electron chi connectivity index (χ2n) is 9.14. The highest BCUT2D eigenvalue weighted by Crippen LogP contribution is 2.65. The normalized spacial score (nSPS) is 54.3. The Morgan fingerprint density at radius 2 is 2.00 bits per heavy atom. The zero-order chi connectivity index (χ0) is 15.7. The molecule has 2 nitrogen and oxygen atoms in total. The molecular formula is C20H30O2. The summed E-state index contributed by atoms with van der Waals surface area (Å²) in [4.78, 5) is 12.5. The standard InChI is InChI=1S/C20H30O2/c1-12-11-20(3)16(6-7-17(20)22)15-5-4-13-10-14(21)8-9-19(13,2)18(12)15/h4,12,14-16,18,21H,5-11H2,1-3H3/t12?,14-,15-,16-,18-,19-,20-/m0/s1. The Hall–Kier alpha value is -0.630. The van der Waals surface area contributed by atoms with Crippen LogP contribution in [0.1, 0.15) is 65.7 Å². The average molecular weight is 302 g/mol. The van der Waals surface area contributed by atoms with Crippen LogP contribution >= 0.6 is 0 Å². The summed E-state index contributed by atoms with van der Waals surface area (Å²) >= 11 is 0. The summed E-state index contributed by atoms with van der Waals surface area (Å²) in [6, 6.07) is 0. The third kappa shape index (κ3) is 1.79. The Bertz CT molecular complexity index is 536. The summed E-state index contributed by atoms with van der Waals surface area (Å²) in [5.41, 5.74) is 1.75. The van der Waals surface area contributed by atoms with Gasteiger partial charge in [-0.3, -0.25) is 4.79 Å². The van der Waals surface area contributed by atoms with Gasteiger partial charge in [-0.15, -0.1) is 0 Å². The highest BCUT2D eigenvalue weighted by molar-refractivity contribution is 5.87. The first-order chi connectivity index (χ1) is 10.4. The van der Waals surface area contributed by atoms with E-state index in [9.17, 15) is 9.90 Å². The van der Waals surface area contributed by atoms with Crippen LogP contribution in [0, 0.1) is 34.5 Å². The third-order valence-electron chi connectivity index (χ3n) is 8.03. The van der Waals surface area contributed by atoms with E-state index < -0.39 is 0 Å². The van der Waals surface area contributed by atoms with Gasteiger partial charge in [-0.2, -0.15) is 0 Å². The van der Waals surface area contributed by atoms with Crippen molar-refractivity contribution in [2.45, 2.75) is 71.8 Å². The Labute approximate surface area is 134 Å². The van der Waals surface area contributed by atoms with Gasteiger partial charge in [0.25, 0.3) is 0 Å². The van der Waals surface area contributed by atoms with Gasteiger partial charge in [0.05, 0.1) is 6.10 Å². The first kappa shape index (κ1) is 14.9. The number of aliphatic hydroxyl groups excluding tert-OH is 1. The van der Waals surface area contributed by atoms with Gasteiger partial charge in [0.15, 0.2) is 0 Å². The highest BCUT2D eigenvalue weighted by atomic mass is 16.3. The van der Waals surface area contributed by atoms with Crippen molar-refractivity contribution in [1.82, 2.24) is 0 Å². The number of Topliss-reactive ketones (excluding diaryl/α,β-unsaturated/α-hetero) is 1. The minimum absolute atomic E-state index is 0.0452. The molecule has 0 bridgehead atoms. The Morgan fingerprint density at radius 1 is 1.23 bits per heavy atom. The number of hydrogen-bond donors (Lipinski definition) is 1. The Morgan fingerprint density at radius 3 is 2.77 bits per heavy atom. The number of aliphatic hydroxyl groups is 1. The summed E-state index contributed by atoms with van der Waals surface area (Å²) in [7, 11) is 0. The van der Waals surface area contributed by atoms with Crippen molar-refractivity contribution in [3.05, 3.63) is 11.6 Å². The number of rotatable bonds is 0. The van der Waals surface area contributed by atoms with Gasteiger partial charge in [0, 0.05) is 11.8 Å². The van der Waals surface area contributed by atoms with Gasteiger partial charge in [-0.05, 0) is 67.6 Å². The molecule has 1 unspecified atom stereocenters. The van der Waals surface area contributed by atoms with Crippen molar-refractivity contribution < 1.29 is 9.90 Å². The lowest BCUT2D eigenvalue weighted by Gasteiger charge is -2.59. The molecule has 3 saturated carbocycles. The molecule has 0 aliphatic heterocycles. The lowest BCUT2D eigenvalue weighted by molar-refractivity contribution is -0.135. The van der Waals surface area contributed by atoms with E-state index in [0.717, 1.165) is 44.9 Å². The minimum Gasteiger partial charge on any atom is -0.393 e. The summed E-state index contributed by atoms with van der Waals surface area (Å²) in [6.45, 7) is 7.10. The average Bonchev–Trinajstić information content (AvgIpc) is 2.75. The zero-order valence-corrected chi connectivity index (χ0v) is 14.3. The smallest absolute Gasteiger partial charge is 0.139 e. The fourth-order valence-corrected chi connectivity index (χ4v) is 7.12. The van der Waals surface area contributed by atoms with Crippen molar-refractivity contribution >= 4 is 5.78 Å². The van der Waals surface area contributed by atoms with Crippen molar-refractivity contribution in [3.63, 3.8) is 0 Å². The third-order valence-corrected chi connectivity index (χ3v) is 8.03. The Kier molecular flexibility index (Phi) is 3.18. The number of allylic oxidation sites excluding steroid dienone is 1. The van der Waals surface area contributed by atoms with Gasteiger partial charge in [0.2, 0.25) is 0 Å². The maximum absolute atomic E-state index is 12.5. The molecular weight excluding hydrogens is 272 g/mol. The summed E-state index contributed by atoms with van der Waals surface area (Å²) in [5, 5.41) is 10.1. The topological polar surface area (TPSA) is 37.3 Å². The predicted molar refractivity (Wildman–Crippen MR) is 87.3 cm³/mol. The monoisotopic (exact) mass is 302 g/mol. The minimum atomic E-state index is -0.131. The molecule has 4 aliphatic carbocycles.